The molecule has 158 valence electrons. The summed E-state index contributed by atoms with van der Waals surface area (Å²) in [5.74, 6) is 1.65. The number of rotatable bonds is 5. The van der Waals surface area contributed by atoms with Crippen molar-refractivity contribution in [3.05, 3.63) is 45.5 Å². The van der Waals surface area contributed by atoms with Crippen molar-refractivity contribution >= 4 is 23.2 Å². The van der Waals surface area contributed by atoms with Gasteiger partial charge in [0.2, 0.25) is 5.95 Å². The van der Waals surface area contributed by atoms with Crippen molar-refractivity contribution in [2.45, 2.75) is 52.5 Å². The van der Waals surface area contributed by atoms with Crippen molar-refractivity contribution < 1.29 is 9.32 Å². The number of hydrogen-bond donors (Lipinski definition) is 1. The largest absolute Gasteiger partial charge is 0.356 e. The van der Waals surface area contributed by atoms with Gasteiger partial charge in [0.15, 0.2) is 5.76 Å². The third-order valence-corrected chi connectivity index (χ3v) is 6.14. The van der Waals surface area contributed by atoms with Crippen LogP contribution in [-0.4, -0.2) is 45.1 Å². The molecule has 1 aliphatic rings. The van der Waals surface area contributed by atoms with Gasteiger partial charge in [-0.05, 0) is 46.6 Å². The van der Waals surface area contributed by atoms with E-state index in [2.05, 4.69) is 29.3 Å². The number of likely N-dealkylation sites (tertiary alicyclic amines) is 1. The van der Waals surface area contributed by atoms with Gasteiger partial charge in [0.1, 0.15) is 0 Å². The minimum atomic E-state index is 0.119. The zero-order valence-corrected chi connectivity index (χ0v) is 18.6. The molecule has 0 aromatic carbocycles. The first-order valence-electron chi connectivity index (χ1n) is 10.3. The lowest BCUT2D eigenvalue weighted by molar-refractivity contribution is 0.0712. The number of nitrogens with one attached hydrogen (secondary N) is 1. The quantitative estimate of drug-likeness (QED) is 0.640. The second-order valence-corrected chi connectivity index (χ2v) is 9.25. The molecule has 0 atom stereocenters. The molecule has 3 aromatic rings. The molecule has 4 heterocycles. The topological polar surface area (TPSA) is 84.2 Å². The van der Waals surface area contributed by atoms with Crippen LogP contribution in [-0.2, 0) is 0 Å². The molecular formula is C22H27N5O2S. The van der Waals surface area contributed by atoms with Gasteiger partial charge in [-0.15, -0.1) is 11.3 Å². The van der Waals surface area contributed by atoms with Gasteiger partial charge < -0.3 is 14.7 Å². The Morgan fingerprint density at radius 1 is 1.27 bits per heavy atom. The molecule has 3 aromatic heterocycles. The van der Waals surface area contributed by atoms with Crippen molar-refractivity contribution in [2.75, 3.05) is 18.4 Å². The monoisotopic (exact) mass is 425 g/mol. The highest BCUT2D eigenvalue weighted by atomic mass is 32.1. The van der Waals surface area contributed by atoms with Gasteiger partial charge in [0.25, 0.3) is 5.91 Å². The number of carbonyl (C=O) groups is 1. The van der Waals surface area contributed by atoms with Gasteiger partial charge in [-0.2, -0.15) is 0 Å². The first kappa shape index (κ1) is 20.5. The van der Waals surface area contributed by atoms with E-state index in [0.717, 1.165) is 40.2 Å². The predicted octanol–water partition coefficient (Wildman–Crippen LogP) is 4.65. The Balaban J connectivity index is 1.56. The predicted molar refractivity (Wildman–Crippen MR) is 118 cm³/mol. The summed E-state index contributed by atoms with van der Waals surface area (Å²) in [6.45, 7) is 9.48. The number of hydrogen-bond acceptors (Lipinski definition) is 7. The maximum Gasteiger partial charge on any atom is 0.254 e. The lowest BCUT2D eigenvalue weighted by Gasteiger charge is -2.32. The molecule has 0 radical (unpaired) electrons. The number of aromatic nitrogens is 3. The Bertz CT molecular complexity index is 1030. The fourth-order valence-electron chi connectivity index (χ4n) is 3.81. The molecule has 1 N–H and O–H groups in total. The number of nitrogens with zero attached hydrogens (tertiary/aromatic N) is 4. The molecule has 0 bridgehead atoms. The molecule has 7 nitrogen and oxygen atoms in total. The number of thiophene rings is 1. The summed E-state index contributed by atoms with van der Waals surface area (Å²) < 4.78 is 5.51. The molecule has 30 heavy (non-hydrogen) atoms. The van der Waals surface area contributed by atoms with Crippen molar-refractivity contribution in [3.8, 4) is 11.3 Å². The normalized spacial score (nSPS) is 15.0. The van der Waals surface area contributed by atoms with Crippen LogP contribution in [0.2, 0.25) is 0 Å². The highest BCUT2D eigenvalue weighted by molar-refractivity contribution is 7.10. The van der Waals surface area contributed by atoms with E-state index in [1.807, 2.05) is 42.5 Å². The summed E-state index contributed by atoms with van der Waals surface area (Å²) in [5.41, 5.74) is 3.46. The standard InChI is InChI=1S/C22H27N5O2S/c1-13(2)24-22-23-11-18(19-9-14(3)26-29-19)20(25-22)16-5-7-27(8-6-16)21(28)17-10-15(4)30-12-17/h9-13,16H,5-8H2,1-4H3,(H,23,24,25). The van der Waals surface area contributed by atoms with E-state index in [1.165, 1.54) is 0 Å². The van der Waals surface area contributed by atoms with Crippen molar-refractivity contribution in [1.82, 2.24) is 20.0 Å². The van der Waals surface area contributed by atoms with E-state index >= 15 is 0 Å². The number of piperidine rings is 1. The molecule has 0 spiro atoms. The number of amides is 1. The zero-order chi connectivity index (χ0) is 21.3. The molecule has 0 saturated carbocycles. The summed E-state index contributed by atoms with van der Waals surface area (Å²) >= 11 is 1.61. The van der Waals surface area contributed by atoms with Gasteiger partial charge in [-0.1, -0.05) is 5.16 Å². The van der Waals surface area contributed by atoms with Gasteiger partial charge in [-0.3, -0.25) is 4.79 Å². The van der Waals surface area contributed by atoms with Gasteiger partial charge in [0.05, 0.1) is 22.5 Å². The van der Waals surface area contributed by atoms with Crippen LogP contribution < -0.4 is 5.32 Å². The Labute approximate surface area is 180 Å². The number of aryl methyl sites for hydroxylation is 2. The average molecular weight is 426 g/mol. The van der Waals surface area contributed by atoms with Gasteiger partial charge in [0, 0.05) is 47.6 Å². The van der Waals surface area contributed by atoms with Crippen LogP contribution in [0.1, 0.15) is 59.2 Å². The lowest BCUT2D eigenvalue weighted by Crippen LogP contribution is -2.38. The number of carbonyl (C=O) groups excluding carboxylic acids is 1. The smallest absolute Gasteiger partial charge is 0.254 e. The average Bonchev–Trinajstić information content (AvgIpc) is 3.35. The second-order valence-electron chi connectivity index (χ2n) is 8.14. The molecule has 1 fully saturated rings. The highest BCUT2D eigenvalue weighted by Crippen LogP contribution is 2.35. The Kier molecular flexibility index (Phi) is 5.85. The van der Waals surface area contributed by atoms with E-state index < -0.39 is 0 Å². The minimum Gasteiger partial charge on any atom is -0.356 e. The second kappa shape index (κ2) is 8.55. The minimum absolute atomic E-state index is 0.119. The summed E-state index contributed by atoms with van der Waals surface area (Å²) in [6, 6.07) is 4.12. The molecule has 0 unspecified atom stereocenters. The first-order valence-corrected chi connectivity index (χ1v) is 11.2. The fraction of sp³-hybridized carbons (Fsp3) is 0.455. The molecule has 8 heteroatoms. The van der Waals surface area contributed by atoms with Crippen LogP contribution in [0.5, 0.6) is 0 Å². The Morgan fingerprint density at radius 2 is 2.03 bits per heavy atom. The zero-order valence-electron chi connectivity index (χ0n) is 17.8. The van der Waals surface area contributed by atoms with Gasteiger partial charge >= 0.3 is 0 Å². The van der Waals surface area contributed by atoms with E-state index in [0.29, 0.717) is 24.8 Å². The molecular weight excluding hydrogens is 398 g/mol. The lowest BCUT2D eigenvalue weighted by atomic mass is 9.90. The third kappa shape index (κ3) is 4.38. The van der Waals surface area contributed by atoms with E-state index in [9.17, 15) is 4.79 Å². The van der Waals surface area contributed by atoms with Gasteiger partial charge in [-0.25, -0.2) is 9.97 Å². The summed E-state index contributed by atoms with van der Waals surface area (Å²) in [7, 11) is 0. The summed E-state index contributed by atoms with van der Waals surface area (Å²) in [6.07, 6.45) is 3.53. The van der Waals surface area contributed by atoms with E-state index in [4.69, 9.17) is 9.51 Å². The van der Waals surface area contributed by atoms with Crippen LogP contribution in [0, 0.1) is 13.8 Å². The van der Waals surface area contributed by atoms with Crippen LogP contribution in [0.3, 0.4) is 0 Å². The van der Waals surface area contributed by atoms with Crippen LogP contribution >= 0.6 is 11.3 Å². The molecule has 1 aliphatic heterocycles. The SMILES string of the molecule is Cc1cc(-c2cnc(NC(C)C)nc2C2CCN(C(=O)c3csc(C)c3)CC2)on1. The molecule has 1 amide bonds. The Morgan fingerprint density at radius 3 is 2.63 bits per heavy atom. The fourth-order valence-corrected chi connectivity index (χ4v) is 4.49. The first-order chi connectivity index (χ1) is 14.4. The highest BCUT2D eigenvalue weighted by Gasteiger charge is 2.29. The van der Waals surface area contributed by atoms with Crippen LogP contribution in [0.4, 0.5) is 5.95 Å². The summed E-state index contributed by atoms with van der Waals surface area (Å²) in [4.78, 5) is 25.2. The maximum atomic E-state index is 12.8. The molecule has 0 aliphatic carbocycles. The van der Waals surface area contributed by atoms with Crippen LogP contribution in [0.15, 0.2) is 28.2 Å². The van der Waals surface area contributed by atoms with E-state index in [1.54, 1.807) is 11.3 Å². The molecule has 1 saturated heterocycles. The van der Waals surface area contributed by atoms with Crippen molar-refractivity contribution in [2.24, 2.45) is 0 Å². The summed E-state index contributed by atoms with van der Waals surface area (Å²) in [5, 5.41) is 9.26. The Hall–Kier alpha value is -2.74. The van der Waals surface area contributed by atoms with Crippen molar-refractivity contribution in [1.29, 1.82) is 0 Å². The van der Waals surface area contributed by atoms with Crippen molar-refractivity contribution in [3.63, 3.8) is 0 Å². The number of anilines is 1. The third-order valence-electron chi connectivity index (χ3n) is 5.28. The maximum absolute atomic E-state index is 12.8. The molecule has 4 rings (SSSR count). The van der Waals surface area contributed by atoms with Crippen LogP contribution in [0.25, 0.3) is 11.3 Å². The van der Waals surface area contributed by atoms with E-state index in [-0.39, 0.29) is 17.9 Å².